The number of nitrogens with two attached hydrogens (primary N) is 1. The van der Waals surface area contributed by atoms with E-state index in [9.17, 15) is 49.5 Å². The average molecular weight is 1770 g/mol. The van der Waals surface area contributed by atoms with E-state index in [1.807, 2.05) is 200 Å². The van der Waals surface area contributed by atoms with Crippen LogP contribution in [0.15, 0.2) is 372 Å². The molecule has 16 nitrogen and oxygen atoms in total. The molecular formula is C99H71Br2Cl2N5O11S. The topological polar surface area (TPSA) is 278 Å². The molecule has 0 aliphatic carbocycles. The predicted molar refractivity (Wildman–Crippen MR) is 498 cm³/mol. The minimum absolute atomic E-state index is 0.0997. The van der Waals surface area contributed by atoms with Gasteiger partial charge in [0.1, 0.15) is 0 Å². The SMILES string of the molecule is Brc1c2ccccc2c(Br)c2ccccc12.Nc1ccccc1Nc1ccccc1.O=C(Nc1ccccc1Nc1ccccc1)c1c2ccccc2c(C(O)=Nc2ccccc2Cc2ccccc2)c2ccccc12.O=C(O)c1c2ccccc2c(C(=O)O)c2ccccc12.O=C(O)c1c2ccccc2c(C(=O)O)c2ccccc12.O=S(Cl)Cl. The zero-order chi connectivity index (χ0) is 84.3. The summed E-state index contributed by atoms with van der Waals surface area (Å²) in [6.45, 7) is 0. The monoisotopic (exact) mass is 1770 g/mol. The number of carbonyl (C=O) groups excluding carboxylic acids is 1. The maximum Gasteiger partial charge on any atom is 0.336 e. The van der Waals surface area contributed by atoms with Crippen LogP contribution in [0.1, 0.15) is 68.5 Å². The molecule has 0 bridgehead atoms. The molecule has 10 N–H and O–H groups in total. The zero-order valence-electron chi connectivity index (χ0n) is 63.4. The molecule has 0 saturated heterocycles. The number of halogens is 4. The second-order valence-corrected chi connectivity index (χ2v) is 31.1. The van der Waals surface area contributed by atoms with E-state index in [1.54, 1.807) is 97.1 Å². The van der Waals surface area contributed by atoms with E-state index in [4.69, 9.17) is 14.9 Å². The molecule has 0 spiro atoms. The second kappa shape index (κ2) is 39.3. The minimum Gasteiger partial charge on any atom is -0.493 e. The van der Waals surface area contributed by atoms with Gasteiger partial charge >= 0.3 is 23.9 Å². The fourth-order valence-corrected chi connectivity index (χ4v) is 15.8. The number of carbonyl (C=O) groups is 5. The van der Waals surface area contributed by atoms with Crippen molar-refractivity contribution in [2.45, 2.75) is 6.42 Å². The van der Waals surface area contributed by atoms with Crippen LogP contribution in [0, 0.1) is 0 Å². The Morgan fingerprint density at radius 2 is 0.558 bits per heavy atom. The predicted octanol–water partition coefficient (Wildman–Crippen LogP) is 26.6. The van der Waals surface area contributed by atoms with Crippen LogP contribution in [-0.4, -0.2) is 65.4 Å². The molecule has 18 aromatic carbocycles. The Morgan fingerprint density at radius 3 is 0.892 bits per heavy atom. The second-order valence-electron chi connectivity index (χ2n) is 26.9. The van der Waals surface area contributed by atoms with Crippen LogP contribution < -0.4 is 21.7 Å². The molecule has 1 amide bonds. The van der Waals surface area contributed by atoms with Crippen molar-refractivity contribution in [3.63, 3.8) is 0 Å². The van der Waals surface area contributed by atoms with Crippen LogP contribution in [0.3, 0.4) is 0 Å². The summed E-state index contributed by atoms with van der Waals surface area (Å²) in [7, 11) is 7.36. The number of amides is 1. The summed E-state index contributed by atoms with van der Waals surface area (Å²) < 4.78 is 11.4. The van der Waals surface area contributed by atoms with Crippen LogP contribution in [0.5, 0.6) is 0 Å². The third-order valence-electron chi connectivity index (χ3n) is 19.6. The Bertz CT molecular complexity index is 6390. The number of rotatable bonds is 14. The van der Waals surface area contributed by atoms with Gasteiger partial charge in [-0.3, -0.25) is 4.79 Å². The molecular weight excluding hydrogens is 1700 g/mol. The Labute approximate surface area is 716 Å². The highest BCUT2D eigenvalue weighted by Crippen LogP contribution is 2.41. The first-order chi connectivity index (χ1) is 58.3. The molecule has 0 radical (unpaired) electrons. The molecule has 592 valence electrons. The highest BCUT2D eigenvalue weighted by atomic mass is 79.9. The summed E-state index contributed by atoms with van der Waals surface area (Å²) >= 11 is 7.39. The molecule has 0 unspecified atom stereocenters. The van der Waals surface area contributed by atoms with Crippen LogP contribution in [0.25, 0.3) is 86.2 Å². The van der Waals surface area contributed by atoms with Crippen molar-refractivity contribution < 1.29 is 53.7 Å². The largest absolute Gasteiger partial charge is 0.493 e. The maximum absolute atomic E-state index is 14.2. The number of aliphatic imine (C=N–C) groups is 1. The van der Waals surface area contributed by atoms with Crippen molar-refractivity contribution in [3.05, 3.63) is 411 Å². The number of nitrogens with zero attached hydrogens (tertiary/aromatic N) is 1. The normalized spacial score (nSPS) is 10.9. The maximum atomic E-state index is 14.2. The summed E-state index contributed by atoms with van der Waals surface area (Å²) in [5.41, 5.74) is 15.5. The van der Waals surface area contributed by atoms with Gasteiger partial charge in [0.05, 0.1) is 61.8 Å². The van der Waals surface area contributed by atoms with Gasteiger partial charge in [0.15, 0.2) is 0 Å². The zero-order valence-corrected chi connectivity index (χ0v) is 68.9. The van der Waals surface area contributed by atoms with Crippen molar-refractivity contribution in [1.82, 2.24) is 0 Å². The highest BCUT2D eigenvalue weighted by Gasteiger charge is 2.26. The number of para-hydroxylation sites is 7. The fraction of sp³-hybridized carbons (Fsp3) is 0.0101. The molecule has 0 aromatic heterocycles. The Balaban J connectivity index is 0.000000140. The molecule has 0 aliphatic heterocycles. The number of carboxylic acids is 4. The van der Waals surface area contributed by atoms with Gasteiger partial charge in [0.25, 0.3) is 5.91 Å². The van der Waals surface area contributed by atoms with Gasteiger partial charge in [-0.1, -0.05) is 303 Å². The molecule has 0 saturated carbocycles. The average Bonchev–Trinajstić information content (AvgIpc) is 0.734. The van der Waals surface area contributed by atoms with Gasteiger partial charge in [0.2, 0.25) is 15.1 Å². The lowest BCUT2D eigenvalue weighted by Gasteiger charge is -2.18. The lowest BCUT2D eigenvalue weighted by molar-refractivity contribution is 0.0687. The number of nitrogens with one attached hydrogen (secondary N) is 3. The molecule has 0 atom stereocenters. The van der Waals surface area contributed by atoms with E-state index < -0.39 is 33.1 Å². The number of aromatic carboxylic acids is 4. The van der Waals surface area contributed by atoms with E-state index in [0.29, 0.717) is 72.0 Å². The number of anilines is 6. The lowest BCUT2D eigenvalue weighted by atomic mass is 9.91. The quantitative estimate of drug-likeness (QED) is 0.0161. The molecule has 120 heavy (non-hydrogen) atoms. The third-order valence-corrected chi connectivity index (χ3v) is 21.3. The van der Waals surface area contributed by atoms with E-state index in [1.165, 1.54) is 30.5 Å². The first-order valence-electron chi connectivity index (χ1n) is 37.3. The molecule has 0 heterocycles. The fourth-order valence-electron chi connectivity index (χ4n) is 14.4. The number of aliphatic hydroxyl groups is 1. The van der Waals surface area contributed by atoms with Gasteiger partial charge in [-0.15, -0.1) is 0 Å². The van der Waals surface area contributed by atoms with E-state index in [-0.39, 0.29) is 34.1 Å². The van der Waals surface area contributed by atoms with Crippen molar-refractivity contribution >= 4 is 224 Å². The number of fused-ring (bicyclic) bond motifs is 8. The number of hydrogen-bond donors (Lipinski definition) is 9. The van der Waals surface area contributed by atoms with Crippen molar-refractivity contribution in [1.29, 1.82) is 0 Å². The summed E-state index contributed by atoms with van der Waals surface area (Å²) in [4.78, 5) is 65.2. The van der Waals surface area contributed by atoms with E-state index in [0.717, 1.165) is 61.1 Å². The third kappa shape index (κ3) is 19.3. The van der Waals surface area contributed by atoms with Crippen molar-refractivity contribution in [2.75, 3.05) is 21.7 Å². The highest BCUT2D eigenvalue weighted by molar-refractivity contribution is 9.11. The molecule has 0 aliphatic rings. The van der Waals surface area contributed by atoms with Gasteiger partial charge in [0, 0.05) is 41.7 Å². The standard InChI is InChI=1S/C41H31N3O2.2C16H10O4.C14H8Br2.C12H12N2.Cl2OS/c45-40(43-35-24-12-7-17-29(35)27-28-15-3-1-4-16-28)38-31-20-8-10-22-33(31)39(34-23-11-9-21-32(34)38)41(46)44-37-26-14-13-25-36(37)42-30-18-5-2-6-19-30;2*17-15(18)13-9-5-1-2-6-10(9)14(16(19)20)12-8-4-3-7-11(12)13;15-13-9-5-1-2-6-10(9)14(16)12-8-4-3-7-11(12)13;13-11-8-4-5-9-12(11)14-10-6-2-1-3-7-10;1-4(2)3/h1-26,42H,27H2,(H,43,45)(H,44,46);2*1-8H,(H,17,18)(H,19,20);1-8H;1-9,14H,13H2;. The van der Waals surface area contributed by atoms with Crippen molar-refractivity contribution in [2.24, 2.45) is 4.99 Å². The number of aliphatic hydroxyl groups excluding tert-OH is 1. The number of carboxylic acid groups (broad SMARTS) is 4. The summed E-state index contributed by atoms with van der Waals surface area (Å²) in [6, 6.07) is 112. The van der Waals surface area contributed by atoms with Crippen LogP contribution in [-0.2, 0) is 15.6 Å². The van der Waals surface area contributed by atoms with Gasteiger partial charge < -0.3 is 47.2 Å². The smallest absolute Gasteiger partial charge is 0.336 e. The van der Waals surface area contributed by atoms with Crippen LogP contribution >= 0.6 is 53.2 Å². The van der Waals surface area contributed by atoms with Gasteiger partial charge in [-0.25, -0.2) is 28.4 Å². The summed E-state index contributed by atoms with van der Waals surface area (Å²) in [5.74, 6) is -4.59. The number of benzene rings is 18. The first kappa shape index (κ1) is 83.9. The van der Waals surface area contributed by atoms with E-state index >= 15 is 0 Å². The molecule has 18 aromatic rings. The van der Waals surface area contributed by atoms with Crippen LogP contribution in [0.2, 0.25) is 0 Å². The van der Waals surface area contributed by atoms with Gasteiger partial charge in [-0.05, 0) is 190 Å². The van der Waals surface area contributed by atoms with Crippen LogP contribution in [0.4, 0.5) is 39.8 Å². The number of nitrogen functional groups attached to an aromatic ring is 1. The molecule has 18 rings (SSSR count). The Morgan fingerprint density at radius 1 is 0.308 bits per heavy atom. The minimum atomic E-state index is -1.67. The molecule has 0 fully saturated rings. The molecule has 21 heteroatoms. The summed E-state index contributed by atoms with van der Waals surface area (Å²) in [6.07, 6.45) is 0.689. The lowest BCUT2D eigenvalue weighted by Crippen LogP contribution is -2.15. The Kier molecular flexibility index (Phi) is 27.4. The number of hydrogen-bond acceptors (Lipinski definition) is 10. The Hall–Kier alpha value is -14.1. The summed E-state index contributed by atoms with van der Waals surface area (Å²) in [5, 5.41) is 70.8. The van der Waals surface area contributed by atoms with E-state index in [2.05, 4.69) is 130 Å². The first-order valence-corrected chi connectivity index (χ1v) is 41.7. The van der Waals surface area contributed by atoms with Crippen molar-refractivity contribution in [3.8, 4) is 0 Å². The van der Waals surface area contributed by atoms with Gasteiger partial charge in [-0.2, -0.15) is 0 Å².